The van der Waals surface area contributed by atoms with Gasteiger partial charge in [0.2, 0.25) is 13.8 Å². The second-order valence-electron chi connectivity index (χ2n) is 7.27. The van der Waals surface area contributed by atoms with Crippen molar-refractivity contribution >= 4 is 14.2 Å². The second-order valence-corrected chi connectivity index (χ2v) is 8.14. The molecule has 0 spiro atoms. The van der Waals surface area contributed by atoms with Gasteiger partial charge in [0.15, 0.2) is 5.78 Å². The molecule has 0 aliphatic heterocycles. The molecule has 27 heavy (non-hydrogen) atoms. The van der Waals surface area contributed by atoms with E-state index in [-0.39, 0.29) is 6.42 Å². The molecule has 0 aromatic heterocycles. The van der Waals surface area contributed by atoms with Crippen molar-refractivity contribution in [3.05, 3.63) is 12.2 Å². The molecule has 0 aliphatic carbocycles. The first-order valence-corrected chi connectivity index (χ1v) is 11.4. The van der Waals surface area contributed by atoms with Crippen LogP contribution in [0.5, 0.6) is 0 Å². The van der Waals surface area contributed by atoms with Gasteiger partial charge < -0.3 is 15.3 Å². The number of aliphatic hydroxyl groups is 3. The van der Waals surface area contributed by atoms with Gasteiger partial charge in [-0.1, -0.05) is 70.4 Å². The number of hydrogen-bond donors (Lipinski definition) is 3. The Labute approximate surface area is 166 Å². The number of hydrogen-bond acceptors (Lipinski definition) is 5. The molecule has 2 atom stereocenters. The molecule has 0 saturated heterocycles. The number of unbranched alkanes of at least 4 members (excludes halogenated alkanes) is 11. The molecule has 0 bridgehead atoms. The van der Waals surface area contributed by atoms with Crippen LogP contribution in [-0.2, 0) is 9.36 Å². The van der Waals surface area contributed by atoms with Crippen LogP contribution in [0.4, 0.5) is 0 Å². The molecule has 0 saturated carbocycles. The van der Waals surface area contributed by atoms with E-state index in [1.807, 2.05) is 0 Å². The summed E-state index contributed by atoms with van der Waals surface area (Å²) >= 11 is 0. The van der Waals surface area contributed by atoms with E-state index in [1.54, 1.807) is 0 Å². The van der Waals surface area contributed by atoms with Crippen molar-refractivity contribution in [2.75, 3.05) is 6.61 Å². The Kier molecular flexibility index (Phi) is 17.1. The summed E-state index contributed by atoms with van der Waals surface area (Å²) in [7, 11) is -0.869. The third-order valence-electron chi connectivity index (χ3n) is 4.85. The topological polar surface area (TPSA) is 94.8 Å². The molecule has 158 valence electrons. The van der Waals surface area contributed by atoms with Gasteiger partial charge in [0.05, 0.1) is 6.61 Å². The van der Waals surface area contributed by atoms with Gasteiger partial charge in [0.25, 0.3) is 0 Å². The van der Waals surface area contributed by atoms with Crippen LogP contribution >= 0.6 is 8.46 Å². The average Bonchev–Trinajstić information content (AvgIpc) is 2.69. The van der Waals surface area contributed by atoms with E-state index in [0.29, 0.717) is 6.42 Å². The largest absolute Gasteiger partial charge is 0.394 e. The Morgan fingerprint density at radius 2 is 1.41 bits per heavy atom. The number of carbonyl (C=O) groups is 1. The van der Waals surface area contributed by atoms with Gasteiger partial charge >= 0.3 is 0 Å². The van der Waals surface area contributed by atoms with Crippen LogP contribution in [0.1, 0.15) is 96.8 Å². The minimum Gasteiger partial charge on any atom is -0.394 e. The molecule has 3 N–H and O–H groups in total. The molecular weight excluding hydrogens is 363 g/mol. The highest BCUT2D eigenvalue weighted by molar-refractivity contribution is 7.27. The SMILES string of the molecule is CCCCCCC=CCCCCCCCCCC(=O)C(O)(P=O)C(O)CO. The fourth-order valence-corrected chi connectivity index (χ4v) is 3.38. The fraction of sp³-hybridized carbons (Fsp3) is 0.857. The van der Waals surface area contributed by atoms with Crippen LogP contribution in [0, 0.1) is 0 Å². The van der Waals surface area contributed by atoms with Gasteiger partial charge in [-0.05, 0) is 32.1 Å². The average molecular weight is 403 g/mol. The summed E-state index contributed by atoms with van der Waals surface area (Å²) in [4.78, 5) is 11.9. The quantitative estimate of drug-likeness (QED) is 0.162. The first-order chi connectivity index (χ1) is 13.0. The molecule has 0 fully saturated rings. The molecule has 0 heterocycles. The lowest BCUT2D eigenvalue weighted by Gasteiger charge is -2.23. The first-order valence-electron chi connectivity index (χ1n) is 10.6. The van der Waals surface area contributed by atoms with E-state index in [0.717, 1.165) is 25.7 Å². The molecule has 2 unspecified atom stereocenters. The Bertz CT molecular complexity index is 413. The maximum atomic E-state index is 11.9. The van der Waals surface area contributed by atoms with Crippen LogP contribution in [0.3, 0.4) is 0 Å². The van der Waals surface area contributed by atoms with Crippen molar-refractivity contribution in [3.8, 4) is 0 Å². The maximum Gasteiger partial charge on any atom is 0.231 e. The summed E-state index contributed by atoms with van der Waals surface area (Å²) in [5.74, 6) is -0.679. The lowest BCUT2D eigenvalue weighted by molar-refractivity contribution is -0.139. The third kappa shape index (κ3) is 12.5. The third-order valence-corrected chi connectivity index (χ3v) is 5.68. The van der Waals surface area contributed by atoms with E-state index in [9.17, 15) is 19.6 Å². The van der Waals surface area contributed by atoms with Crippen molar-refractivity contribution in [1.82, 2.24) is 0 Å². The number of allylic oxidation sites excluding steroid dienone is 2. The Balaban J connectivity index is 3.56. The van der Waals surface area contributed by atoms with Crippen molar-refractivity contribution in [2.24, 2.45) is 0 Å². The monoisotopic (exact) mass is 402 g/mol. The van der Waals surface area contributed by atoms with Crippen LogP contribution in [0.2, 0.25) is 0 Å². The highest BCUT2D eigenvalue weighted by atomic mass is 31.1. The van der Waals surface area contributed by atoms with E-state index in [4.69, 9.17) is 5.11 Å². The normalized spacial score (nSPS) is 15.3. The molecule has 5 nitrogen and oxygen atoms in total. The summed E-state index contributed by atoms with van der Waals surface area (Å²) in [6.07, 6.45) is 17.8. The molecular formula is C21H39O5P. The highest BCUT2D eigenvalue weighted by Crippen LogP contribution is 2.27. The standard InChI is InChI=1S/C21H39O5P/c1-2-3-4-5-6-7-8-9-10-11-12-13-14-15-16-17-19(23)21(25,27-26)20(24)18-22/h7-8,20,22,24-25H,2-6,9-18H2,1H3. The Morgan fingerprint density at radius 3 is 1.89 bits per heavy atom. The van der Waals surface area contributed by atoms with Gasteiger partial charge in [-0.3, -0.25) is 9.36 Å². The number of rotatable bonds is 19. The molecule has 0 aromatic rings. The summed E-state index contributed by atoms with van der Waals surface area (Å²) < 4.78 is 11.0. The Morgan fingerprint density at radius 1 is 0.926 bits per heavy atom. The number of Topliss-reactive ketones (excluding diaryl/α,β-unsaturated/α-hetero) is 1. The smallest absolute Gasteiger partial charge is 0.231 e. The van der Waals surface area contributed by atoms with Crippen molar-refractivity contribution in [1.29, 1.82) is 0 Å². The zero-order valence-corrected chi connectivity index (χ0v) is 17.8. The maximum absolute atomic E-state index is 11.9. The van der Waals surface area contributed by atoms with E-state index < -0.39 is 32.3 Å². The summed E-state index contributed by atoms with van der Waals surface area (Å²) in [6.45, 7) is 1.43. The van der Waals surface area contributed by atoms with E-state index in [1.165, 1.54) is 51.4 Å². The molecule has 0 aromatic carbocycles. The number of aliphatic hydroxyl groups excluding tert-OH is 2. The minimum atomic E-state index is -2.38. The van der Waals surface area contributed by atoms with E-state index in [2.05, 4.69) is 19.1 Å². The number of ketones is 1. The zero-order chi connectivity index (χ0) is 20.4. The van der Waals surface area contributed by atoms with Crippen LogP contribution < -0.4 is 0 Å². The minimum absolute atomic E-state index is 0.0614. The van der Waals surface area contributed by atoms with Gasteiger partial charge in [-0.15, -0.1) is 0 Å². The van der Waals surface area contributed by atoms with Gasteiger partial charge in [-0.25, -0.2) is 0 Å². The van der Waals surface area contributed by atoms with Crippen molar-refractivity contribution < 1.29 is 24.7 Å². The summed E-state index contributed by atoms with van der Waals surface area (Å²) in [5.41, 5.74) is 0. The van der Waals surface area contributed by atoms with Crippen LogP contribution in [-0.4, -0.2) is 39.2 Å². The van der Waals surface area contributed by atoms with Crippen LogP contribution in [0.25, 0.3) is 0 Å². The first kappa shape index (κ1) is 26.4. The molecule has 0 aliphatic rings. The Hall–Kier alpha value is -0.610. The predicted octanol–water partition coefficient (Wildman–Crippen LogP) is 4.93. The van der Waals surface area contributed by atoms with Crippen molar-refractivity contribution in [2.45, 2.75) is 108 Å². The highest BCUT2D eigenvalue weighted by Gasteiger charge is 2.43. The lowest BCUT2D eigenvalue weighted by atomic mass is 10.0. The van der Waals surface area contributed by atoms with Gasteiger partial charge in [-0.2, -0.15) is 0 Å². The summed E-state index contributed by atoms with van der Waals surface area (Å²) in [5, 5.41) is 25.8. The molecule has 0 rings (SSSR count). The molecule has 0 amide bonds. The van der Waals surface area contributed by atoms with Crippen molar-refractivity contribution in [3.63, 3.8) is 0 Å². The lowest BCUT2D eigenvalue weighted by Crippen LogP contribution is -2.46. The number of carbonyl (C=O) groups excluding carboxylic acids is 1. The van der Waals surface area contributed by atoms with Crippen LogP contribution in [0.15, 0.2) is 12.2 Å². The fourth-order valence-electron chi connectivity index (χ4n) is 2.97. The van der Waals surface area contributed by atoms with Gasteiger partial charge in [0, 0.05) is 6.42 Å². The summed E-state index contributed by atoms with van der Waals surface area (Å²) in [6, 6.07) is 0. The second kappa shape index (κ2) is 17.5. The zero-order valence-electron chi connectivity index (χ0n) is 16.9. The molecule has 6 heteroatoms. The predicted molar refractivity (Wildman–Crippen MR) is 110 cm³/mol. The molecule has 0 radical (unpaired) electrons. The van der Waals surface area contributed by atoms with Gasteiger partial charge in [0.1, 0.15) is 6.10 Å². The van der Waals surface area contributed by atoms with E-state index >= 15 is 0 Å².